The first kappa shape index (κ1) is 18.7. The Labute approximate surface area is 151 Å². The summed E-state index contributed by atoms with van der Waals surface area (Å²) in [6.45, 7) is 4.66. The molecule has 0 aliphatic carbocycles. The summed E-state index contributed by atoms with van der Waals surface area (Å²) in [5.41, 5.74) is 0.449. The van der Waals surface area contributed by atoms with E-state index < -0.39 is 12.6 Å². The minimum absolute atomic E-state index is 0.0975. The molecule has 26 heavy (non-hydrogen) atoms. The van der Waals surface area contributed by atoms with Crippen LogP contribution in [-0.2, 0) is 13.0 Å². The molecule has 0 atom stereocenters. The summed E-state index contributed by atoms with van der Waals surface area (Å²) in [7, 11) is 0. The number of imidazole rings is 1. The number of hydrogen-bond donors (Lipinski definition) is 0. The molecule has 1 saturated heterocycles. The van der Waals surface area contributed by atoms with Crippen LogP contribution in [-0.4, -0.2) is 38.8 Å². The molecule has 1 aliphatic heterocycles. The Hall–Kier alpha value is -2.12. The van der Waals surface area contributed by atoms with E-state index >= 15 is 0 Å². The topological polar surface area (TPSA) is 46.8 Å². The molecule has 2 aromatic rings. The molecule has 1 fully saturated rings. The first-order valence-electron chi connectivity index (χ1n) is 9.02. The molecule has 0 saturated carbocycles. The largest absolute Gasteiger partial charge is 0.389 e. The molecule has 0 radical (unpaired) electrons. The van der Waals surface area contributed by atoms with E-state index in [0.717, 1.165) is 44.7 Å². The van der Waals surface area contributed by atoms with Gasteiger partial charge in [-0.3, -0.25) is 0 Å². The van der Waals surface area contributed by atoms with E-state index in [1.165, 1.54) is 0 Å². The van der Waals surface area contributed by atoms with Gasteiger partial charge in [0.1, 0.15) is 5.82 Å². The van der Waals surface area contributed by atoms with Crippen molar-refractivity contribution in [3.63, 3.8) is 0 Å². The normalized spacial score (nSPS) is 16.2. The Kier molecular flexibility index (Phi) is 5.78. The number of piperidine rings is 1. The summed E-state index contributed by atoms with van der Waals surface area (Å²) in [5.74, 6) is 2.22. The third-order valence-electron chi connectivity index (χ3n) is 4.96. The lowest BCUT2D eigenvalue weighted by Crippen LogP contribution is -2.35. The monoisotopic (exact) mass is 367 g/mol. The van der Waals surface area contributed by atoms with Gasteiger partial charge in [0.25, 0.3) is 0 Å². The zero-order chi connectivity index (χ0) is 18.6. The van der Waals surface area contributed by atoms with Crippen molar-refractivity contribution in [3.05, 3.63) is 36.2 Å². The first-order chi connectivity index (χ1) is 12.4. The molecule has 1 aliphatic rings. The van der Waals surface area contributed by atoms with E-state index in [2.05, 4.69) is 24.4 Å². The number of halogens is 3. The average Bonchev–Trinajstić information content (AvgIpc) is 3.03. The van der Waals surface area contributed by atoms with E-state index in [1.807, 2.05) is 19.3 Å². The maximum atomic E-state index is 12.4. The second kappa shape index (κ2) is 8.05. The third kappa shape index (κ3) is 5.19. The van der Waals surface area contributed by atoms with Crippen LogP contribution in [0.5, 0.6) is 0 Å². The molecule has 3 rings (SSSR count). The summed E-state index contributed by atoms with van der Waals surface area (Å²) in [5, 5.41) is 0. The Bertz CT molecular complexity index is 705. The van der Waals surface area contributed by atoms with Gasteiger partial charge < -0.3 is 9.47 Å². The number of anilines is 1. The van der Waals surface area contributed by atoms with Crippen LogP contribution < -0.4 is 4.90 Å². The Morgan fingerprint density at radius 3 is 2.58 bits per heavy atom. The Morgan fingerprint density at radius 2 is 1.92 bits per heavy atom. The maximum Gasteiger partial charge on any atom is 0.389 e. The van der Waals surface area contributed by atoms with E-state index in [1.54, 1.807) is 12.3 Å². The summed E-state index contributed by atoms with van der Waals surface area (Å²) >= 11 is 0. The Balaban J connectivity index is 1.49. The van der Waals surface area contributed by atoms with Crippen LogP contribution in [0, 0.1) is 12.8 Å². The standard InChI is InChI=1S/C18H24F3N5/c1-14-22-9-13-25(14)10-4-15-5-11-26(12-6-15)17-23-8-3-16(24-17)2-7-18(19,20)21/h3,8-9,13,15H,2,4-7,10-12H2,1H3. The van der Waals surface area contributed by atoms with Crippen LogP contribution in [0.2, 0.25) is 0 Å². The smallest absolute Gasteiger partial charge is 0.341 e. The molecule has 8 heteroatoms. The van der Waals surface area contributed by atoms with Gasteiger partial charge in [0.15, 0.2) is 0 Å². The summed E-state index contributed by atoms with van der Waals surface area (Å²) in [6.07, 6.45) is 3.48. The minimum Gasteiger partial charge on any atom is -0.341 e. The fraction of sp³-hybridized carbons (Fsp3) is 0.611. The van der Waals surface area contributed by atoms with Gasteiger partial charge in [0.05, 0.1) is 0 Å². The van der Waals surface area contributed by atoms with Crippen molar-refractivity contribution in [2.75, 3.05) is 18.0 Å². The zero-order valence-electron chi connectivity index (χ0n) is 14.9. The quantitative estimate of drug-likeness (QED) is 0.780. The third-order valence-corrected chi connectivity index (χ3v) is 4.96. The van der Waals surface area contributed by atoms with Crippen LogP contribution in [0.15, 0.2) is 24.7 Å². The molecular formula is C18H24F3N5. The molecule has 0 bridgehead atoms. The van der Waals surface area contributed by atoms with Crippen LogP contribution in [0.1, 0.15) is 37.2 Å². The van der Waals surface area contributed by atoms with Gasteiger partial charge in [0.2, 0.25) is 5.95 Å². The van der Waals surface area contributed by atoms with Gasteiger partial charge in [-0.25, -0.2) is 15.0 Å². The SMILES string of the molecule is Cc1nccn1CCC1CCN(c2nccc(CCC(F)(F)F)n2)CC1. The summed E-state index contributed by atoms with van der Waals surface area (Å²) in [4.78, 5) is 14.9. The number of aryl methyl sites for hydroxylation is 3. The molecule has 0 amide bonds. The van der Waals surface area contributed by atoms with Gasteiger partial charge in [0, 0.05) is 50.3 Å². The van der Waals surface area contributed by atoms with E-state index in [-0.39, 0.29) is 6.42 Å². The van der Waals surface area contributed by atoms with Crippen LogP contribution in [0.4, 0.5) is 19.1 Å². The molecule has 0 spiro atoms. The lowest BCUT2D eigenvalue weighted by molar-refractivity contribution is -0.134. The van der Waals surface area contributed by atoms with Crippen molar-refractivity contribution in [2.45, 2.75) is 51.7 Å². The number of nitrogens with zero attached hydrogens (tertiary/aromatic N) is 5. The minimum atomic E-state index is -4.16. The van der Waals surface area contributed by atoms with E-state index in [4.69, 9.17) is 0 Å². The second-order valence-corrected chi connectivity index (χ2v) is 6.85. The van der Waals surface area contributed by atoms with Crippen molar-refractivity contribution in [2.24, 2.45) is 5.92 Å². The van der Waals surface area contributed by atoms with Gasteiger partial charge in [-0.2, -0.15) is 13.2 Å². The lowest BCUT2D eigenvalue weighted by Gasteiger charge is -2.32. The zero-order valence-corrected chi connectivity index (χ0v) is 14.9. The molecule has 0 N–H and O–H groups in total. The van der Waals surface area contributed by atoms with Crippen LogP contribution in [0.25, 0.3) is 0 Å². The fourth-order valence-electron chi connectivity index (χ4n) is 3.33. The number of alkyl halides is 3. The predicted molar refractivity (Wildman–Crippen MR) is 92.9 cm³/mol. The molecule has 0 unspecified atom stereocenters. The maximum absolute atomic E-state index is 12.4. The van der Waals surface area contributed by atoms with Crippen molar-refractivity contribution in [1.29, 1.82) is 0 Å². The van der Waals surface area contributed by atoms with Crippen molar-refractivity contribution in [1.82, 2.24) is 19.5 Å². The molecule has 3 heterocycles. The van der Waals surface area contributed by atoms with Gasteiger partial charge in [-0.05, 0) is 44.6 Å². The van der Waals surface area contributed by atoms with Crippen LogP contribution >= 0.6 is 0 Å². The average molecular weight is 367 g/mol. The van der Waals surface area contributed by atoms with Crippen molar-refractivity contribution >= 4 is 5.95 Å². The van der Waals surface area contributed by atoms with Crippen molar-refractivity contribution in [3.8, 4) is 0 Å². The summed E-state index contributed by atoms with van der Waals surface area (Å²) < 4.78 is 39.3. The van der Waals surface area contributed by atoms with Gasteiger partial charge >= 0.3 is 6.18 Å². The van der Waals surface area contributed by atoms with Gasteiger partial charge in [-0.15, -0.1) is 0 Å². The second-order valence-electron chi connectivity index (χ2n) is 6.85. The number of aromatic nitrogens is 4. The highest BCUT2D eigenvalue weighted by Crippen LogP contribution is 2.25. The molecule has 2 aromatic heterocycles. The number of rotatable bonds is 6. The van der Waals surface area contributed by atoms with Gasteiger partial charge in [-0.1, -0.05) is 0 Å². The first-order valence-corrected chi connectivity index (χ1v) is 9.02. The molecular weight excluding hydrogens is 343 g/mol. The lowest BCUT2D eigenvalue weighted by atomic mass is 9.93. The van der Waals surface area contributed by atoms with E-state index in [9.17, 15) is 13.2 Å². The predicted octanol–water partition coefficient (Wildman–Crippen LogP) is 3.78. The molecule has 142 valence electrons. The number of hydrogen-bond acceptors (Lipinski definition) is 4. The van der Waals surface area contributed by atoms with E-state index in [0.29, 0.717) is 17.6 Å². The highest BCUT2D eigenvalue weighted by molar-refractivity contribution is 5.31. The molecule has 0 aromatic carbocycles. The van der Waals surface area contributed by atoms with Crippen molar-refractivity contribution < 1.29 is 13.2 Å². The highest BCUT2D eigenvalue weighted by atomic mass is 19.4. The summed E-state index contributed by atoms with van der Waals surface area (Å²) in [6, 6.07) is 1.56. The van der Waals surface area contributed by atoms with Crippen LogP contribution in [0.3, 0.4) is 0 Å². The highest BCUT2D eigenvalue weighted by Gasteiger charge is 2.27. The Morgan fingerprint density at radius 1 is 1.15 bits per heavy atom. The molecule has 5 nitrogen and oxygen atoms in total. The fourth-order valence-corrected chi connectivity index (χ4v) is 3.33.